The van der Waals surface area contributed by atoms with E-state index in [9.17, 15) is 9.59 Å². The molecule has 10 nitrogen and oxygen atoms in total. The van der Waals surface area contributed by atoms with E-state index in [1.807, 2.05) is 17.0 Å². The number of nitrogens with two attached hydrogens (primary N) is 4. The Kier molecular flexibility index (Phi) is 9.84. The molecule has 2 heterocycles. The summed E-state index contributed by atoms with van der Waals surface area (Å²) in [7, 11) is 0. The number of aliphatic imine (C=N–C) groups is 2. The molecule has 0 bridgehead atoms. The van der Waals surface area contributed by atoms with Gasteiger partial charge in [-0.1, -0.05) is 35.9 Å². The quantitative estimate of drug-likeness (QED) is 0.280. The summed E-state index contributed by atoms with van der Waals surface area (Å²) in [5.74, 6) is -0.0361. The Balaban J connectivity index is 1.66. The number of aryl methyl sites for hydroxylation is 1. The number of likely N-dealkylation sites (tertiary alicyclic amines) is 1. The number of primary amides is 1. The second-order valence-electron chi connectivity index (χ2n) is 9.93. The molecule has 0 radical (unpaired) electrons. The van der Waals surface area contributed by atoms with Crippen molar-refractivity contribution in [2.75, 3.05) is 32.7 Å². The number of carbonyl (C=O) groups excluding carboxylic acids is 2. The second-order valence-corrected chi connectivity index (χ2v) is 10.3. The number of nitrogens with one attached hydrogen (secondary N) is 1. The first-order valence-electron chi connectivity index (χ1n) is 12.5. The molecule has 0 aromatic heterocycles. The summed E-state index contributed by atoms with van der Waals surface area (Å²) in [6, 6.07) is 7.10. The van der Waals surface area contributed by atoms with Gasteiger partial charge in [0, 0.05) is 26.1 Å². The molecule has 2 unspecified atom stereocenters. The first kappa shape index (κ1) is 28.0. The highest BCUT2D eigenvalue weighted by molar-refractivity contribution is 6.83. The second kappa shape index (κ2) is 12.6. The Morgan fingerprint density at radius 2 is 1.97 bits per heavy atom. The Hall–Kier alpha value is -2.53. The number of hydrogen-bond acceptors (Lipinski definition) is 8. The van der Waals surface area contributed by atoms with Gasteiger partial charge in [-0.2, -0.15) is 0 Å². The van der Waals surface area contributed by atoms with E-state index in [0.717, 1.165) is 38.9 Å². The molecule has 1 saturated heterocycles. The Morgan fingerprint density at radius 1 is 1.28 bits per heavy atom. The van der Waals surface area contributed by atoms with Gasteiger partial charge in [-0.05, 0) is 68.7 Å². The van der Waals surface area contributed by atoms with Gasteiger partial charge in [-0.3, -0.25) is 14.6 Å². The number of amidine groups is 1. The lowest BCUT2D eigenvalue weighted by atomic mass is 9.84. The van der Waals surface area contributed by atoms with E-state index in [-0.39, 0.29) is 22.8 Å². The molecule has 3 atom stereocenters. The van der Waals surface area contributed by atoms with Crippen LogP contribution in [0.25, 0.3) is 0 Å². The molecule has 0 saturated carbocycles. The Labute approximate surface area is 217 Å². The molecule has 11 heteroatoms. The van der Waals surface area contributed by atoms with Crippen LogP contribution < -0.4 is 28.3 Å². The van der Waals surface area contributed by atoms with Crippen molar-refractivity contribution in [1.82, 2.24) is 10.2 Å². The van der Waals surface area contributed by atoms with E-state index in [0.29, 0.717) is 31.8 Å². The van der Waals surface area contributed by atoms with Crippen molar-refractivity contribution in [3.8, 4) is 0 Å². The van der Waals surface area contributed by atoms with Crippen molar-refractivity contribution in [1.29, 1.82) is 0 Å². The molecule has 198 valence electrons. The molecule has 1 fully saturated rings. The van der Waals surface area contributed by atoms with Gasteiger partial charge in [0.1, 0.15) is 5.66 Å². The third-order valence-electron chi connectivity index (χ3n) is 7.10. The fraction of sp³-hybridized carbons (Fsp3) is 0.600. The Bertz CT molecular complexity index is 992. The molecule has 1 aromatic rings. The predicted octanol–water partition coefficient (Wildman–Crippen LogP) is 0.238. The highest BCUT2D eigenvalue weighted by atomic mass is 35.5. The largest absolute Gasteiger partial charge is 0.381 e. The third-order valence-corrected chi connectivity index (χ3v) is 7.39. The van der Waals surface area contributed by atoms with Crippen LogP contribution in [-0.4, -0.2) is 72.1 Å². The number of amides is 2. The Morgan fingerprint density at radius 3 is 2.61 bits per heavy atom. The summed E-state index contributed by atoms with van der Waals surface area (Å²) in [5, 5.41) is 3.55. The van der Waals surface area contributed by atoms with Gasteiger partial charge in [-0.25, -0.2) is 4.99 Å². The lowest BCUT2D eigenvalue weighted by Crippen LogP contribution is -2.59. The van der Waals surface area contributed by atoms with Crippen molar-refractivity contribution >= 4 is 34.4 Å². The van der Waals surface area contributed by atoms with Crippen LogP contribution in [-0.2, 0) is 16.0 Å². The van der Waals surface area contributed by atoms with Gasteiger partial charge in [0.05, 0.1) is 0 Å². The standard InChI is InChI=1S/C25H39ClN8O2/c1-16-4-2-3-5-19(16)12-18(13-25(30)21(24(29)36)32-22(26)23(28)33-25)15-31-14-17-7-10-34(11-8-17)20(35)6-9-27/h2-5,17-18,21,31H,6-15,27,30H2,1H3,(H2,28,33)(H2,29,36)/t18?,21-,25?/m0/s1. The van der Waals surface area contributed by atoms with Crippen LogP contribution in [0.4, 0.5) is 0 Å². The van der Waals surface area contributed by atoms with Crippen molar-refractivity contribution in [2.24, 2.45) is 44.8 Å². The average molecular weight is 519 g/mol. The minimum Gasteiger partial charge on any atom is -0.381 e. The van der Waals surface area contributed by atoms with Crippen molar-refractivity contribution < 1.29 is 9.59 Å². The summed E-state index contributed by atoms with van der Waals surface area (Å²) in [5.41, 5.74) is 24.7. The fourth-order valence-electron chi connectivity index (χ4n) is 5.08. The summed E-state index contributed by atoms with van der Waals surface area (Å²) in [4.78, 5) is 34.7. The summed E-state index contributed by atoms with van der Waals surface area (Å²) < 4.78 is 0. The molecular formula is C25H39ClN8O2. The number of nitrogens with zero attached hydrogens (tertiary/aromatic N) is 3. The number of hydrogen-bond donors (Lipinski definition) is 5. The molecule has 2 amide bonds. The molecule has 9 N–H and O–H groups in total. The lowest BCUT2D eigenvalue weighted by molar-refractivity contribution is -0.132. The van der Waals surface area contributed by atoms with Crippen LogP contribution in [0.15, 0.2) is 34.3 Å². The molecule has 2 aliphatic rings. The zero-order valence-electron chi connectivity index (χ0n) is 21.0. The number of halogens is 1. The van der Waals surface area contributed by atoms with E-state index < -0.39 is 17.6 Å². The molecular weight excluding hydrogens is 480 g/mol. The van der Waals surface area contributed by atoms with E-state index in [4.69, 9.17) is 34.5 Å². The zero-order chi connectivity index (χ0) is 26.3. The maximum atomic E-state index is 12.2. The summed E-state index contributed by atoms with van der Waals surface area (Å²) >= 11 is 6.03. The molecule has 3 rings (SSSR count). The summed E-state index contributed by atoms with van der Waals surface area (Å²) in [6.07, 6.45) is 3.39. The minimum atomic E-state index is -1.38. The maximum absolute atomic E-state index is 12.2. The molecule has 0 spiro atoms. The van der Waals surface area contributed by atoms with Gasteiger partial charge in [0.2, 0.25) is 11.8 Å². The van der Waals surface area contributed by atoms with Gasteiger partial charge in [-0.15, -0.1) is 0 Å². The maximum Gasteiger partial charge on any atom is 0.246 e. The number of piperidine rings is 1. The topological polar surface area (TPSA) is 178 Å². The zero-order valence-corrected chi connectivity index (χ0v) is 21.7. The number of carbonyl (C=O) groups is 2. The van der Waals surface area contributed by atoms with Crippen LogP contribution in [0.5, 0.6) is 0 Å². The average Bonchev–Trinajstić information content (AvgIpc) is 2.83. The minimum absolute atomic E-state index is 0.00945. The molecule has 2 aliphatic heterocycles. The van der Waals surface area contributed by atoms with Gasteiger partial charge < -0.3 is 33.2 Å². The predicted molar refractivity (Wildman–Crippen MR) is 144 cm³/mol. The normalized spacial score (nSPS) is 23.7. The van der Waals surface area contributed by atoms with Crippen LogP contribution in [0.1, 0.15) is 36.8 Å². The first-order chi connectivity index (χ1) is 17.1. The van der Waals surface area contributed by atoms with E-state index >= 15 is 0 Å². The van der Waals surface area contributed by atoms with Crippen molar-refractivity contribution in [3.63, 3.8) is 0 Å². The fourth-order valence-corrected chi connectivity index (χ4v) is 5.22. The van der Waals surface area contributed by atoms with E-state index in [1.165, 1.54) is 11.1 Å². The highest BCUT2D eigenvalue weighted by Crippen LogP contribution is 2.29. The lowest BCUT2D eigenvalue weighted by Gasteiger charge is -2.36. The molecule has 36 heavy (non-hydrogen) atoms. The van der Waals surface area contributed by atoms with Crippen LogP contribution in [0.3, 0.4) is 0 Å². The highest BCUT2D eigenvalue weighted by Gasteiger charge is 2.43. The van der Waals surface area contributed by atoms with Crippen LogP contribution in [0.2, 0.25) is 0 Å². The SMILES string of the molecule is Cc1ccccc1CC(CNCC1CCN(C(=O)CCN)CC1)CC1(N)N=C(N)C(Cl)=N[C@H]1C(N)=O. The van der Waals surface area contributed by atoms with Gasteiger partial charge in [0.15, 0.2) is 17.0 Å². The van der Waals surface area contributed by atoms with Crippen LogP contribution in [0, 0.1) is 18.8 Å². The van der Waals surface area contributed by atoms with E-state index in [1.54, 1.807) is 0 Å². The van der Waals surface area contributed by atoms with Crippen molar-refractivity contribution in [3.05, 3.63) is 35.4 Å². The smallest absolute Gasteiger partial charge is 0.246 e. The molecule has 0 aliphatic carbocycles. The monoisotopic (exact) mass is 518 g/mol. The van der Waals surface area contributed by atoms with Crippen LogP contribution >= 0.6 is 11.6 Å². The van der Waals surface area contributed by atoms with E-state index in [2.05, 4.69) is 34.4 Å². The number of benzene rings is 1. The summed E-state index contributed by atoms with van der Waals surface area (Å²) in [6.45, 7) is 5.47. The third kappa shape index (κ3) is 7.25. The number of rotatable bonds is 11. The van der Waals surface area contributed by atoms with Gasteiger partial charge in [0.25, 0.3) is 0 Å². The van der Waals surface area contributed by atoms with Gasteiger partial charge >= 0.3 is 0 Å². The first-order valence-corrected chi connectivity index (χ1v) is 12.9. The molecule has 1 aromatic carbocycles. The van der Waals surface area contributed by atoms with Crippen molar-refractivity contribution in [2.45, 2.75) is 50.7 Å².